The summed E-state index contributed by atoms with van der Waals surface area (Å²) in [5.74, 6) is -0.416. The summed E-state index contributed by atoms with van der Waals surface area (Å²) >= 11 is 0. The highest BCUT2D eigenvalue weighted by Crippen LogP contribution is 2.12. The van der Waals surface area contributed by atoms with Crippen molar-refractivity contribution in [2.75, 3.05) is 0 Å². The predicted molar refractivity (Wildman–Crippen MR) is 106 cm³/mol. The number of carbonyl (C=O) groups excluding carboxylic acids is 1. The molecule has 1 aromatic heterocycles. The number of ketones is 1. The van der Waals surface area contributed by atoms with E-state index < -0.39 is 17.0 Å². The molecule has 0 amide bonds. The van der Waals surface area contributed by atoms with Crippen molar-refractivity contribution in [2.24, 2.45) is 14.1 Å². The van der Waals surface area contributed by atoms with Crippen molar-refractivity contribution in [2.45, 2.75) is 6.42 Å². The van der Waals surface area contributed by atoms with E-state index in [4.69, 9.17) is 0 Å². The normalized spacial score (nSPS) is 11.0. The molecule has 0 spiro atoms. The van der Waals surface area contributed by atoms with Crippen molar-refractivity contribution in [1.29, 1.82) is 0 Å². The second-order valence-corrected chi connectivity index (χ2v) is 6.30. The van der Waals surface area contributed by atoms with Gasteiger partial charge in [0.05, 0.1) is 0 Å². The number of hydrogen-bond donors (Lipinski definition) is 0. The lowest BCUT2D eigenvalue weighted by atomic mass is 10.0. The summed E-state index contributed by atoms with van der Waals surface area (Å²) < 4.78 is 2.34. The van der Waals surface area contributed by atoms with Gasteiger partial charge in [0.15, 0.2) is 5.78 Å². The lowest BCUT2D eigenvalue weighted by Gasteiger charge is -2.14. The Morgan fingerprint density at radius 1 is 0.889 bits per heavy atom. The summed E-state index contributed by atoms with van der Waals surface area (Å²) in [7, 11) is 2.96. The Hall–Kier alpha value is -3.47. The number of hydrogen-bond acceptors (Lipinski definition) is 3. The largest absolute Gasteiger partial charge is 0.330 e. The molecule has 5 nitrogen and oxygen atoms in total. The van der Waals surface area contributed by atoms with E-state index in [9.17, 15) is 14.4 Å². The zero-order valence-electron chi connectivity index (χ0n) is 15.3. The number of nitrogens with zero attached hydrogens (tertiary/aromatic N) is 2. The van der Waals surface area contributed by atoms with E-state index in [0.29, 0.717) is 12.1 Å². The van der Waals surface area contributed by atoms with Gasteiger partial charge in [0.1, 0.15) is 5.56 Å². The smallest absolute Gasteiger partial charge is 0.300 e. The molecule has 0 saturated heterocycles. The lowest BCUT2D eigenvalue weighted by molar-refractivity contribution is 0.104. The lowest BCUT2D eigenvalue weighted by Crippen LogP contribution is -2.42. The molecule has 3 aromatic rings. The highest BCUT2D eigenvalue weighted by molar-refractivity contribution is 6.07. The number of rotatable bonds is 5. The van der Waals surface area contributed by atoms with E-state index in [1.165, 1.54) is 17.7 Å². The molecule has 0 saturated carbocycles. The van der Waals surface area contributed by atoms with Crippen LogP contribution >= 0.6 is 0 Å². The second-order valence-electron chi connectivity index (χ2n) is 6.30. The fourth-order valence-electron chi connectivity index (χ4n) is 2.95. The molecule has 0 fully saturated rings. The van der Waals surface area contributed by atoms with Crippen LogP contribution in [0.1, 0.15) is 27.2 Å². The van der Waals surface area contributed by atoms with Crippen LogP contribution in [0.15, 0.2) is 76.3 Å². The molecule has 0 atom stereocenters. The van der Waals surface area contributed by atoms with Crippen LogP contribution in [-0.4, -0.2) is 14.9 Å². The third-order valence-electron chi connectivity index (χ3n) is 4.47. The maximum absolute atomic E-state index is 12.9. The predicted octanol–water partition coefficient (Wildman–Crippen LogP) is 2.57. The third-order valence-corrected chi connectivity index (χ3v) is 4.47. The van der Waals surface area contributed by atoms with E-state index in [1.807, 2.05) is 60.7 Å². The van der Waals surface area contributed by atoms with Crippen LogP contribution < -0.4 is 11.2 Å². The first-order valence-corrected chi connectivity index (χ1v) is 8.59. The Labute approximate surface area is 156 Å². The van der Waals surface area contributed by atoms with Crippen molar-refractivity contribution in [3.8, 4) is 0 Å². The van der Waals surface area contributed by atoms with E-state index in [0.717, 1.165) is 15.7 Å². The molecule has 2 aromatic carbocycles. The van der Waals surface area contributed by atoms with E-state index in [1.54, 1.807) is 13.1 Å². The molecule has 5 heteroatoms. The SMILES string of the molecule is Cn1c(Cc2ccccc2)c(C(=O)/C=C\c2ccccc2)c(=O)n(C)c1=O. The van der Waals surface area contributed by atoms with Crippen LogP contribution in [0.3, 0.4) is 0 Å². The average molecular weight is 360 g/mol. The third kappa shape index (κ3) is 3.87. The molecule has 0 aliphatic rings. The van der Waals surface area contributed by atoms with Crippen LogP contribution in [0.25, 0.3) is 6.08 Å². The summed E-state index contributed by atoms with van der Waals surface area (Å²) in [5, 5.41) is 0. The standard InChI is InChI=1S/C22H20N2O3/c1-23-18(15-17-11-7-4-8-12-17)20(21(26)24(2)22(23)27)19(25)14-13-16-9-5-3-6-10-16/h3-14H,15H2,1-2H3/b14-13-. The maximum Gasteiger partial charge on any atom is 0.330 e. The molecule has 0 bridgehead atoms. The highest BCUT2D eigenvalue weighted by atomic mass is 16.2. The van der Waals surface area contributed by atoms with Crippen molar-refractivity contribution >= 4 is 11.9 Å². The minimum atomic E-state index is -0.577. The quantitative estimate of drug-likeness (QED) is 0.519. The van der Waals surface area contributed by atoms with Gasteiger partial charge in [-0.05, 0) is 17.2 Å². The van der Waals surface area contributed by atoms with Gasteiger partial charge in [0.25, 0.3) is 5.56 Å². The first-order chi connectivity index (χ1) is 13.0. The zero-order valence-corrected chi connectivity index (χ0v) is 15.3. The molecular weight excluding hydrogens is 340 g/mol. The Kier molecular flexibility index (Phi) is 5.31. The molecular formula is C22H20N2O3. The number of benzene rings is 2. The summed E-state index contributed by atoms with van der Waals surface area (Å²) in [4.78, 5) is 37.9. The molecule has 27 heavy (non-hydrogen) atoms. The van der Waals surface area contributed by atoms with Crippen molar-refractivity contribution in [1.82, 2.24) is 9.13 Å². The molecule has 3 rings (SSSR count). The number of allylic oxidation sites excluding steroid dienone is 1. The molecule has 0 N–H and O–H groups in total. The monoisotopic (exact) mass is 360 g/mol. The van der Waals surface area contributed by atoms with Gasteiger partial charge in [-0.15, -0.1) is 0 Å². The molecule has 0 aliphatic heterocycles. The van der Waals surface area contributed by atoms with Crippen LogP contribution in [0, 0.1) is 0 Å². The number of aromatic nitrogens is 2. The maximum atomic E-state index is 12.9. The molecule has 1 heterocycles. The Bertz CT molecular complexity index is 1110. The van der Waals surface area contributed by atoms with Gasteiger partial charge in [-0.1, -0.05) is 66.7 Å². The van der Waals surface area contributed by atoms with Gasteiger partial charge < -0.3 is 0 Å². The Balaban J connectivity index is 2.10. The van der Waals surface area contributed by atoms with Gasteiger partial charge in [-0.25, -0.2) is 4.79 Å². The van der Waals surface area contributed by atoms with Crippen molar-refractivity contribution in [3.63, 3.8) is 0 Å². The molecule has 136 valence electrons. The van der Waals surface area contributed by atoms with Crippen LogP contribution in [0.2, 0.25) is 0 Å². The van der Waals surface area contributed by atoms with Crippen LogP contribution in [0.4, 0.5) is 0 Å². The topological polar surface area (TPSA) is 61.1 Å². The Morgan fingerprint density at radius 3 is 2.11 bits per heavy atom. The van der Waals surface area contributed by atoms with Gasteiger partial charge in [0, 0.05) is 26.2 Å². The highest BCUT2D eigenvalue weighted by Gasteiger charge is 2.20. The second kappa shape index (κ2) is 7.83. The minimum Gasteiger partial charge on any atom is -0.300 e. The summed E-state index contributed by atoms with van der Waals surface area (Å²) in [6.45, 7) is 0. The Morgan fingerprint density at radius 2 is 1.48 bits per heavy atom. The van der Waals surface area contributed by atoms with Crippen LogP contribution in [0.5, 0.6) is 0 Å². The van der Waals surface area contributed by atoms with E-state index in [-0.39, 0.29) is 5.56 Å². The van der Waals surface area contributed by atoms with Gasteiger partial charge >= 0.3 is 5.69 Å². The van der Waals surface area contributed by atoms with E-state index >= 15 is 0 Å². The van der Waals surface area contributed by atoms with Crippen LogP contribution in [-0.2, 0) is 20.5 Å². The minimum absolute atomic E-state index is 0.0237. The fourth-order valence-corrected chi connectivity index (χ4v) is 2.95. The zero-order chi connectivity index (χ0) is 19.4. The summed E-state index contributed by atoms with van der Waals surface area (Å²) in [6.07, 6.45) is 3.37. The van der Waals surface area contributed by atoms with Gasteiger partial charge in [-0.2, -0.15) is 0 Å². The first kappa shape index (κ1) is 18.3. The van der Waals surface area contributed by atoms with Gasteiger partial charge in [0.2, 0.25) is 0 Å². The average Bonchev–Trinajstić information content (AvgIpc) is 2.70. The van der Waals surface area contributed by atoms with Crippen molar-refractivity contribution in [3.05, 3.63) is 110 Å². The van der Waals surface area contributed by atoms with Gasteiger partial charge in [-0.3, -0.25) is 18.7 Å². The number of carbonyl (C=O) groups is 1. The van der Waals surface area contributed by atoms with Crippen molar-refractivity contribution < 1.29 is 4.79 Å². The molecule has 0 unspecified atom stereocenters. The fraction of sp³-hybridized carbons (Fsp3) is 0.136. The molecule has 0 aliphatic carbocycles. The molecule has 0 radical (unpaired) electrons. The van der Waals surface area contributed by atoms with E-state index in [2.05, 4.69) is 0 Å². The first-order valence-electron chi connectivity index (χ1n) is 8.59. The summed E-state index contributed by atoms with van der Waals surface area (Å²) in [6, 6.07) is 18.8. The summed E-state index contributed by atoms with van der Waals surface area (Å²) in [5.41, 5.74) is 1.19.